The predicted octanol–water partition coefficient (Wildman–Crippen LogP) is 2.77. The van der Waals surface area contributed by atoms with Gasteiger partial charge in [0.25, 0.3) is 0 Å². The van der Waals surface area contributed by atoms with Crippen molar-refractivity contribution in [2.45, 2.75) is 4.90 Å². The average Bonchev–Trinajstić information content (AvgIpc) is 1.83. The van der Waals surface area contributed by atoms with Crippen molar-refractivity contribution in [3.8, 4) is 0 Å². The fraction of sp³-hybridized carbons (Fsp3) is 0. The summed E-state index contributed by atoms with van der Waals surface area (Å²) in [5.41, 5.74) is 0. The number of hydrogen-bond donors (Lipinski definition) is 1. The van der Waals surface area contributed by atoms with Gasteiger partial charge in [0, 0.05) is 4.90 Å². The molecule has 0 atom stereocenters. The first-order valence-corrected chi connectivity index (χ1v) is 3.17. The topological polar surface area (TPSA) is 0 Å². The van der Waals surface area contributed by atoms with E-state index in [9.17, 15) is 4.39 Å². The minimum atomic E-state index is -0.427. The molecule has 0 N–H and O–H groups in total. The van der Waals surface area contributed by atoms with Crippen LogP contribution < -0.4 is 0 Å². The lowest BCUT2D eigenvalue weighted by Gasteiger charge is -1.94. The molecule has 0 bridgehead atoms. The Balaban J connectivity index is 3.25. The first-order valence-electron chi connectivity index (χ1n) is 2.35. The second-order valence-electron chi connectivity index (χ2n) is 1.57. The van der Waals surface area contributed by atoms with E-state index in [1.807, 2.05) is 0 Å². The maximum absolute atomic E-state index is 12.4. The lowest BCUT2D eigenvalue weighted by atomic mass is 10.3. The Bertz CT molecular complexity index is 204. The van der Waals surface area contributed by atoms with Crippen molar-refractivity contribution in [1.29, 1.82) is 0 Å². The second kappa shape index (κ2) is 2.58. The molecule has 0 nitrogen and oxygen atoms in total. The van der Waals surface area contributed by atoms with E-state index in [4.69, 9.17) is 11.6 Å². The van der Waals surface area contributed by atoms with E-state index in [2.05, 4.69) is 12.6 Å². The van der Waals surface area contributed by atoms with Gasteiger partial charge in [0.15, 0.2) is 0 Å². The zero-order valence-electron chi connectivity index (χ0n) is 4.44. The largest absolute Gasteiger partial charge is 0.205 e. The van der Waals surface area contributed by atoms with Crippen LogP contribution in [0.2, 0.25) is 5.02 Å². The molecule has 1 rings (SSSR count). The minimum absolute atomic E-state index is 0.0841. The number of benzene rings is 1. The van der Waals surface area contributed by atoms with Crippen LogP contribution in [0.5, 0.6) is 0 Å². The van der Waals surface area contributed by atoms with Gasteiger partial charge < -0.3 is 0 Å². The van der Waals surface area contributed by atoms with Crippen LogP contribution >= 0.6 is 24.2 Å². The molecule has 1 aromatic rings. The van der Waals surface area contributed by atoms with E-state index in [-0.39, 0.29) is 5.02 Å². The molecule has 0 fully saturated rings. The Hall–Kier alpha value is -0.210. The molecule has 0 amide bonds. The van der Waals surface area contributed by atoms with Crippen LogP contribution in [-0.4, -0.2) is 0 Å². The van der Waals surface area contributed by atoms with E-state index >= 15 is 0 Å². The highest BCUT2D eigenvalue weighted by Crippen LogP contribution is 2.21. The van der Waals surface area contributed by atoms with E-state index in [0.29, 0.717) is 4.90 Å². The molecule has 3 heteroatoms. The zero-order chi connectivity index (χ0) is 6.85. The molecule has 48 valence electrons. The van der Waals surface area contributed by atoms with Crippen molar-refractivity contribution in [1.82, 2.24) is 0 Å². The van der Waals surface area contributed by atoms with E-state index in [1.54, 1.807) is 12.1 Å². The van der Waals surface area contributed by atoms with Gasteiger partial charge in [0.05, 0.1) is 5.02 Å². The van der Waals surface area contributed by atoms with Crippen molar-refractivity contribution in [2.75, 3.05) is 0 Å². The van der Waals surface area contributed by atoms with Gasteiger partial charge in [-0.05, 0) is 12.1 Å². The SMILES string of the molecule is Fc1cccc(S)c1Cl. The lowest BCUT2D eigenvalue weighted by molar-refractivity contribution is 0.625. The van der Waals surface area contributed by atoms with Crippen molar-refractivity contribution >= 4 is 24.2 Å². The first-order chi connectivity index (χ1) is 4.22. The minimum Gasteiger partial charge on any atom is -0.205 e. The lowest BCUT2D eigenvalue weighted by Crippen LogP contribution is -1.75. The monoisotopic (exact) mass is 162 g/mol. The Labute approximate surface area is 63.1 Å². The van der Waals surface area contributed by atoms with Crippen LogP contribution in [0.3, 0.4) is 0 Å². The van der Waals surface area contributed by atoms with Crippen molar-refractivity contribution in [3.63, 3.8) is 0 Å². The van der Waals surface area contributed by atoms with Crippen molar-refractivity contribution in [2.24, 2.45) is 0 Å². The van der Waals surface area contributed by atoms with Crippen LogP contribution in [0.15, 0.2) is 23.1 Å². The number of hydrogen-bond acceptors (Lipinski definition) is 1. The van der Waals surface area contributed by atoms with Crippen LogP contribution in [0, 0.1) is 5.82 Å². The summed E-state index contributed by atoms with van der Waals surface area (Å²) in [7, 11) is 0. The molecule has 0 aromatic heterocycles. The molecule has 0 unspecified atom stereocenters. The van der Waals surface area contributed by atoms with Gasteiger partial charge in [0.1, 0.15) is 5.82 Å². The molecule has 0 radical (unpaired) electrons. The van der Waals surface area contributed by atoms with Crippen LogP contribution in [0.1, 0.15) is 0 Å². The first kappa shape index (κ1) is 6.90. The van der Waals surface area contributed by atoms with E-state index in [1.165, 1.54) is 6.07 Å². The highest BCUT2D eigenvalue weighted by Gasteiger charge is 1.99. The molecule has 0 saturated carbocycles. The fourth-order valence-corrected chi connectivity index (χ4v) is 0.811. The Kier molecular flexibility index (Phi) is 1.98. The molecule has 0 aliphatic carbocycles. The zero-order valence-corrected chi connectivity index (χ0v) is 6.09. The molecule has 0 aliphatic rings. The second-order valence-corrected chi connectivity index (χ2v) is 2.43. The third-order valence-corrected chi connectivity index (χ3v) is 1.82. The normalized spacial score (nSPS) is 9.67. The van der Waals surface area contributed by atoms with Gasteiger partial charge >= 0.3 is 0 Å². The van der Waals surface area contributed by atoms with Gasteiger partial charge in [-0.2, -0.15) is 0 Å². The molecule has 0 aliphatic heterocycles. The van der Waals surface area contributed by atoms with Crippen LogP contribution in [0.4, 0.5) is 4.39 Å². The summed E-state index contributed by atoms with van der Waals surface area (Å²) in [6, 6.07) is 4.49. The molecule has 0 saturated heterocycles. The average molecular weight is 163 g/mol. The molecule has 0 heterocycles. The summed E-state index contributed by atoms with van der Waals surface area (Å²) in [5.74, 6) is -0.427. The summed E-state index contributed by atoms with van der Waals surface area (Å²) in [6.45, 7) is 0. The predicted molar refractivity (Wildman–Crippen MR) is 38.7 cm³/mol. The van der Waals surface area contributed by atoms with Gasteiger partial charge in [0.2, 0.25) is 0 Å². The van der Waals surface area contributed by atoms with Gasteiger partial charge in [-0.1, -0.05) is 17.7 Å². The van der Waals surface area contributed by atoms with Crippen molar-refractivity contribution < 1.29 is 4.39 Å². The molecule has 9 heavy (non-hydrogen) atoms. The number of rotatable bonds is 0. The highest BCUT2D eigenvalue weighted by molar-refractivity contribution is 7.80. The van der Waals surface area contributed by atoms with Gasteiger partial charge in [-0.15, -0.1) is 12.6 Å². The van der Waals surface area contributed by atoms with Crippen LogP contribution in [-0.2, 0) is 0 Å². The quantitative estimate of drug-likeness (QED) is 0.558. The van der Waals surface area contributed by atoms with Crippen LogP contribution in [0.25, 0.3) is 0 Å². The van der Waals surface area contributed by atoms with Crippen molar-refractivity contribution in [3.05, 3.63) is 29.0 Å². The van der Waals surface area contributed by atoms with Gasteiger partial charge in [-0.3, -0.25) is 0 Å². The van der Waals surface area contributed by atoms with E-state index < -0.39 is 5.82 Å². The number of halogens is 2. The van der Waals surface area contributed by atoms with E-state index in [0.717, 1.165) is 0 Å². The molecule has 1 aromatic carbocycles. The maximum atomic E-state index is 12.4. The smallest absolute Gasteiger partial charge is 0.142 e. The third kappa shape index (κ3) is 1.37. The standard InChI is InChI=1S/C6H4ClFS/c7-6-4(8)2-1-3-5(6)9/h1-3,9H. The summed E-state index contributed by atoms with van der Waals surface area (Å²) in [6.07, 6.45) is 0. The summed E-state index contributed by atoms with van der Waals surface area (Å²) >= 11 is 9.32. The Morgan fingerprint density at radius 3 is 2.56 bits per heavy atom. The fourth-order valence-electron chi connectivity index (χ4n) is 0.492. The summed E-state index contributed by atoms with van der Waals surface area (Å²) in [5, 5.41) is 0.0841. The molecule has 0 spiro atoms. The Morgan fingerprint density at radius 2 is 2.11 bits per heavy atom. The van der Waals surface area contributed by atoms with Gasteiger partial charge in [-0.25, -0.2) is 4.39 Å². The summed E-state index contributed by atoms with van der Waals surface area (Å²) in [4.78, 5) is 0.469. The maximum Gasteiger partial charge on any atom is 0.142 e. The third-order valence-electron chi connectivity index (χ3n) is 0.931. The molecular weight excluding hydrogens is 159 g/mol. The summed E-state index contributed by atoms with van der Waals surface area (Å²) < 4.78 is 12.4. The molecular formula is C6H4ClFS. The number of thiol groups is 1. The highest BCUT2D eigenvalue weighted by atomic mass is 35.5. The Morgan fingerprint density at radius 1 is 1.44 bits per heavy atom.